The molecule has 7 nitrogen and oxygen atoms in total. The van der Waals surface area contributed by atoms with Crippen molar-refractivity contribution in [1.82, 2.24) is 14.1 Å². The van der Waals surface area contributed by atoms with E-state index in [-0.39, 0.29) is 29.1 Å². The summed E-state index contributed by atoms with van der Waals surface area (Å²) in [6, 6.07) is 10.3. The molecule has 0 aliphatic heterocycles. The summed E-state index contributed by atoms with van der Waals surface area (Å²) in [5.74, 6) is -0.368. The number of carbonyl (C=O) groups excluding carboxylic acids is 1. The summed E-state index contributed by atoms with van der Waals surface area (Å²) in [7, 11) is -3.94. The molecule has 0 aliphatic carbocycles. The number of sulfonamides is 1. The quantitative estimate of drug-likeness (QED) is 0.632. The van der Waals surface area contributed by atoms with Crippen LogP contribution in [0, 0.1) is 6.92 Å². The fourth-order valence-corrected chi connectivity index (χ4v) is 4.44. The molecule has 0 bridgehead atoms. The predicted octanol–water partition coefficient (Wildman–Crippen LogP) is 3.26. The molecule has 1 amide bonds. The van der Waals surface area contributed by atoms with Gasteiger partial charge in [0.15, 0.2) is 10.2 Å². The van der Waals surface area contributed by atoms with Gasteiger partial charge in [-0.05, 0) is 36.8 Å². The second kappa shape index (κ2) is 7.85. The van der Waals surface area contributed by atoms with Crippen LogP contribution in [0.1, 0.15) is 12.0 Å². The van der Waals surface area contributed by atoms with E-state index in [0.29, 0.717) is 16.4 Å². The molecule has 3 aromatic rings. The second-order valence-electron chi connectivity index (χ2n) is 5.82. The third kappa shape index (κ3) is 4.41. The molecule has 2 N–H and O–H groups in total. The van der Waals surface area contributed by atoms with Crippen LogP contribution < -0.4 is 10.0 Å². The monoisotopic (exact) mass is 426 g/mol. The summed E-state index contributed by atoms with van der Waals surface area (Å²) in [5.41, 5.74) is 1.85. The van der Waals surface area contributed by atoms with Crippen molar-refractivity contribution in [1.29, 1.82) is 0 Å². The van der Waals surface area contributed by atoms with Gasteiger partial charge in [0.1, 0.15) is 5.65 Å². The molecule has 142 valence electrons. The maximum absolute atomic E-state index is 12.6. The SMILES string of the molecule is Cc1ccc(NC(=O)CCNS(=O)(=O)c2c(Cl)nc3ccccn23)c(Cl)c1. The van der Waals surface area contributed by atoms with E-state index in [2.05, 4.69) is 15.0 Å². The van der Waals surface area contributed by atoms with Crippen LogP contribution in [0.3, 0.4) is 0 Å². The molecular weight excluding hydrogens is 411 g/mol. The van der Waals surface area contributed by atoms with E-state index >= 15 is 0 Å². The molecule has 10 heteroatoms. The minimum atomic E-state index is -3.94. The van der Waals surface area contributed by atoms with Crippen molar-refractivity contribution in [2.24, 2.45) is 0 Å². The Morgan fingerprint density at radius 3 is 2.74 bits per heavy atom. The average Bonchev–Trinajstić information content (AvgIpc) is 2.93. The lowest BCUT2D eigenvalue weighted by Gasteiger charge is -2.09. The number of aryl methyl sites for hydroxylation is 1. The van der Waals surface area contributed by atoms with Crippen molar-refractivity contribution in [2.75, 3.05) is 11.9 Å². The molecule has 0 fully saturated rings. The van der Waals surface area contributed by atoms with Crippen molar-refractivity contribution < 1.29 is 13.2 Å². The summed E-state index contributed by atoms with van der Waals surface area (Å²) in [6.07, 6.45) is 1.48. The first-order valence-corrected chi connectivity index (χ1v) is 10.2. The fourth-order valence-electron chi connectivity index (χ4n) is 2.49. The van der Waals surface area contributed by atoms with Crippen LogP contribution in [-0.4, -0.2) is 30.3 Å². The fraction of sp³-hybridized carbons (Fsp3) is 0.176. The maximum Gasteiger partial charge on any atom is 0.259 e. The number of pyridine rings is 1. The number of nitrogens with one attached hydrogen (secondary N) is 2. The second-order valence-corrected chi connectivity index (χ2v) is 8.26. The highest BCUT2D eigenvalue weighted by Gasteiger charge is 2.24. The zero-order chi connectivity index (χ0) is 19.6. The number of aromatic nitrogens is 2. The number of imidazole rings is 1. The predicted molar refractivity (Wildman–Crippen MR) is 105 cm³/mol. The molecule has 0 unspecified atom stereocenters. The summed E-state index contributed by atoms with van der Waals surface area (Å²) in [6.45, 7) is 1.78. The third-order valence-electron chi connectivity index (χ3n) is 3.74. The minimum Gasteiger partial charge on any atom is -0.325 e. The first kappa shape index (κ1) is 19.6. The van der Waals surface area contributed by atoms with Crippen molar-refractivity contribution in [3.05, 3.63) is 58.3 Å². The van der Waals surface area contributed by atoms with Gasteiger partial charge in [-0.15, -0.1) is 0 Å². The van der Waals surface area contributed by atoms with E-state index in [0.717, 1.165) is 5.56 Å². The van der Waals surface area contributed by atoms with Crippen molar-refractivity contribution in [3.8, 4) is 0 Å². The van der Waals surface area contributed by atoms with Gasteiger partial charge < -0.3 is 5.32 Å². The number of benzene rings is 1. The smallest absolute Gasteiger partial charge is 0.259 e. The molecule has 2 heterocycles. The van der Waals surface area contributed by atoms with E-state index in [1.54, 1.807) is 36.5 Å². The average molecular weight is 427 g/mol. The Hall–Kier alpha value is -2.13. The van der Waals surface area contributed by atoms with Gasteiger partial charge in [-0.1, -0.05) is 35.3 Å². The maximum atomic E-state index is 12.6. The highest BCUT2D eigenvalue weighted by Crippen LogP contribution is 2.23. The number of fused-ring (bicyclic) bond motifs is 1. The van der Waals surface area contributed by atoms with Crippen molar-refractivity contribution in [3.63, 3.8) is 0 Å². The largest absolute Gasteiger partial charge is 0.325 e. The first-order valence-electron chi connectivity index (χ1n) is 7.96. The molecule has 0 radical (unpaired) electrons. The van der Waals surface area contributed by atoms with Gasteiger partial charge in [-0.2, -0.15) is 0 Å². The molecule has 0 saturated heterocycles. The molecular formula is C17H16Cl2N4O3S. The van der Waals surface area contributed by atoms with Gasteiger partial charge in [0.2, 0.25) is 5.91 Å². The molecule has 0 spiro atoms. The molecule has 3 rings (SSSR count). The van der Waals surface area contributed by atoms with Crippen molar-refractivity contribution >= 4 is 50.5 Å². The normalized spacial score (nSPS) is 11.7. The van der Waals surface area contributed by atoms with Crippen LogP contribution in [0.15, 0.2) is 47.6 Å². The Morgan fingerprint density at radius 1 is 1.22 bits per heavy atom. The van der Waals surface area contributed by atoms with E-state index in [4.69, 9.17) is 23.2 Å². The number of halogens is 2. The van der Waals surface area contributed by atoms with Crippen LogP contribution in [0.5, 0.6) is 0 Å². The van der Waals surface area contributed by atoms with E-state index in [9.17, 15) is 13.2 Å². The number of rotatable bonds is 6. The number of anilines is 1. The highest BCUT2D eigenvalue weighted by molar-refractivity contribution is 7.89. The first-order chi connectivity index (χ1) is 12.8. The number of hydrogen-bond acceptors (Lipinski definition) is 4. The number of carbonyl (C=O) groups is 1. The lowest BCUT2D eigenvalue weighted by Crippen LogP contribution is -2.29. The Bertz CT molecular complexity index is 1110. The summed E-state index contributed by atoms with van der Waals surface area (Å²) in [5, 5.41) is 2.77. The molecule has 1 aromatic carbocycles. The zero-order valence-electron chi connectivity index (χ0n) is 14.2. The van der Waals surface area contributed by atoms with Crippen LogP contribution in [-0.2, 0) is 14.8 Å². The van der Waals surface area contributed by atoms with Gasteiger partial charge in [-0.3, -0.25) is 9.20 Å². The number of nitrogens with zero attached hydrogens (tertiary/aromatic N) is 2. The van der Waals surface area contributed by atoms with Crippen molar-refractivity contribution in [2.45, 2.75) is 18.4 Å². The van der Waals surface area contributed by atoms with Crippen LogP contribution in [0.2, 0.25) is 10.2 Å². The van der Waals surface area contributed by atoms with E-state index in [1.807, 2.05) is 13.0 Å². The van der Waals surface area contributed by atoms with E-state index in [1.165, 1.54) is 4.40 Å². The Balaban J connectivity index is 1.65. The summed E-state index contributed by atoms with van der Waals surface area (Å²) in [4.78, 5) is 16.1. The molecule has 0 saturated carbocycles. The molecule has 2 aromatic heterocycles. The van der Waals surface area contributed by atoms with Crippen LogP contribution >= 0.6 is 23.2 Å². The molecule has 0 atom stereocenters. The Kier molecular flexibility index (Phi) is 5.71. The summed E-state index contributed by atoms with van der Waals surface area (Å²) < 4.78 is 28.8. The van der Waals surface area contributed by atoms with Gasteiger partial charge in [0, 0.05) is 19.2 Å². The lowest BCUT2D eigenvalue weighted by atomic mass is 10.2. The topological polar surface area (TPSA) is 92.6 Å². The van der Waals surface area contributed by atoms with Gasteiger partial charge in [0.05, 0.1) is 10.7 Å². The lowest BCUT2D eigenvalue weighted by molar-refractivity contribution is -0.116. The van der Waals surface area contributed by atoms with Gasteiger partial charge >= 0.3 is 0 Å². The van der Waals surface area contributed by atoms with Gasteiger partial charge in [0.25, 0.3) is 10.0 Å². The number of amides is 1. The van der Waals surface area contributed by atoms with E-state index < -0.39 is 10.0 Å². The highest BCUT2D eigenvalue weighted by atomic mass is 35.5. The minimum absolute atomic E-state index is 0.0716. The standard InChI is InChI=1S/C17H16Cl2N4O3S/c1-11-5-6-13(12(18)10-11)21-15(24)7-8-20-27(25,26)17-16(19)22-14-4-2-3-9-23(14)17/h2-6,9-10,20H,7-8H2,1H3,(H,21,24). The zero-order valence-corrected chi connectivity index (χ0v) is 16.6. The molecule has 27 heavy (non-hydrogen) atoms. The van der Waals surface area contributed by atoms with Crippen LogP contribution in [0.4, 0.5) is 5.69 Å². The van der Waals surface area contributed by atoms with Crippen LogP contribution in [0.25, 0.3) is 5.65 Å². The Labute approximate surface area is 166 Å². The third-order valence-corrected chi connectivity index (χ3v) is 5.92. The summed E-state index contributed by atoms with van der Waals surface area (Å²) >= 11 is 12.1. The van der Waals surface area contributed by atoms with Gasteiger partial charge in [-0.25, -0.2) is 18.1 Å². The molecule has 0 aliphatic rings. The number of hydrogen-bond donors (Lipinski definition) is 2. The Morgan fingerprint density at radius 2 is 2.00 bits per heavy atom.